The van der Waals surface area contributed by atoms with Crippen LogP contribution in [0.25, 0.3) is 116 Å². The van der Waals surface area contributed by atoms with Crippen LogP contribution < -0.4 is 26.0 Å². The molecule has 16 aromatic rings. The summed E-state index contributed by atoms with van der Waals surface area (Å²) in [5.74, 6) is 1.80. The SMILES string of the molecule is CC(C)(C)c1ccc(N(c2ccc(C(C)(C)C)cc2)c2ccc3c(c2)Sc2cc(-c4ccc5c(c4)sc4ccc6sc7ccccc7c6c45)cc4c2B3c2ccc(-c3ccc5c(c3)sc3c(-c6ccccc6)cc6oc7ccccc7c6c35)cc2O4)cc1. The van der Waals surface area contributed by atoms with Crippen LogP contribution in [-0.2, 0) is 10.8 Å². The molecular weight excluding hydrogens is 1150 g/mol. The average molecular weight is 1200 g/mol. The Morgan fingerprint density at radius 2 is 0.932 bits per heavy atom. The fourth-order valence-electron chi connectivity index (χ4n) is 14.1. The van der Waals surface area contributed by atoms with Gasteiger partial charge in [0.25, 0.3) is 6.71 Å². The fourth-order valence-corrected chi connectivity index (χ4v) is 18.9. The Morgan fingerprint density at radius 1 is 0.364 bits per heavy atom. The number of hydrogen-bond acceptors (Lipinski definition) is 7. The summed E-state index contributed by atoms with van der Waals surface area (Å²) in [6.07, 6.45) is 0. The highest BCUT2D eigenvalue weighted by Crippen LogP contribution is 2.51. The molecule has 3 nitrogen and oxygen atoms in total. The highest BCUT2D eigenvalue weighted by molar-refractivity contribution is 8.00. The van der Waals surface area contributed by atoms with Gasteiger partial charge in [0.05, 0.1) is 0 Å². The molecule has 6 heterocycles. The van der Waals surface area contributed by atoms with Crippen LogP contribution in [0.15, 0.2) is 245 Å². The lowest BCUT2D eigenvalue weighted by Crippen LogP contribution is -2.57. The topological polar surface area (TPSA) is 25.6 Å². The molecule has 0 saturated heterocycles. The molecule has 0 spiro atoms. The van der Waals surface area contributed by atoms with Crippen LogP contribution in [-0.4, -0.2) is 6.71 Å². The zero-order valence-electron chi connectivity index (χ0n) is 49.4. The maximum absolute atomic E-state index is 7.38. The summed E-state index contributed by atoms with van der Waals surface area (Å²) in [6, 6.07) is 86.4. The van der Waals surface area contributed by atoms with Gasteiger partial charge in [-0.05, 0) is 158 Å². The summed E-state index contributed by atoms with van der Waals surface area (Å²) >= 11 is 7.53. The third-order valence-corrected chi connectivity index (χ3v) is 23.1. The van der Waals surface area contributed by atoms with Crippen molar-refractivity contribution in [2.45, 2.75) is 62.2 Å². The Balaban J connectivity index is 0.796. The summed E-state index contributed by atoms with van der Waals surface area (Å²) in [5, 5.41) is 10.2. The van der Waals surface area contributed by atoms with Gasteiger partial charge in [-0.2, -0.15) is 0 Å². The molecule has 0 fully saturated rings. The number of ether oxygens (including phenoxy) is 1. The number of nitrogens with zero attached hydrogens (tertiary/aromatic N) is 1. The zero-order chi connectivity index (χ0) is 58.9. The lowest BCUT2D eigenvalue weighted by molar-refractivity contribution is 0.486. The number of fused-ring (bicyclic) bond motifs is 18. The second kappa shape index (κ2) is 19.3. The molecule has 0 radical (unpaired) electrons. The molecule has 0 amide bonds. The summed E-state index contributed by atoms with van der Waals surface area (Å²) in [5.41, 5.74) is 18.6. The molecule has 0 saturated carbocycles. The Bertz CT molecular complexity index is 5540. The van der Waals surface area contributed by atoms with Gasteiger partial charge in [-0.1, -0.05) is 192 Å². The molecule has 0 bridgehead atoms. The van der Waals surface area contributed by atoms with Gasteiger partial charge in [-0.15, -0.1) is 34.0 Å². The molecule has 88 heavy (non-hydrogen) atoms. The van der Waals surface area contributed by atoms with Crippen LogP contribution in [0.3, 0.4) is 0 Å². The lowest BCUT2D eigenvalue weighted by Gasteiger charge is -2.34. The summed E-state index contributed by atoms with van der Waals surface area (Å²) < 4.78 is 21.8. The Hall–Kier alpha value is -8.89. The third-order valence-electron chi connectivity index (χ3n) is 18.5. The second-order valence-electron chi connectivity index (χ2n) is 25.9. The van der Waals surface area contributed by atoms with E-state index in [4.69, 9.17) is 9.15 Å². The number of para-hydroxylation sites is 1. The summed E-state index contributed by atoms with van der Waals surface area (Å²) in [6.45, 7) is 13.7. The Kier molecular flexibility index (Phi) is 11.5. The van der Waals surface area contributed by atoms with Crippen LogP contribution >= 0.6 is 45.8 Å². The molecule has 2 aliphatic rings. The van der Waals surface area contributed by atoms with Crippen LogP contribution in [0.5, 0.6) is 11.5 Å². The van der Waals surface area contributed by atoms with Gasteiger partial charge in [0.2, 0.25) is 0 Å². The highest BCUT2D eigenvalue weighted by atomic mass is 32.2. The molecule has 0 aliphatic carbocycles. The molecule has 2 aliphatic heterocycles. The first-order chi connectivity index (χ1) is 42.8. The minimum Gasteiger partial charge on any atom is -0.458 e. The molecule has 0 atom stereocenters. The predicted octanol–water partition coefficient (Wildman–Crippen LogP) is 22.8. The van der Waals surface area contributed by atoms with Gasteiger partial charge in [-0.3, -0.25) is 0 Å². The number of thiophene rings is 3. The maximum atomic E-state index is 7.38. The van der Waals surface area contributed by atoms with E-state index in [0.29, 0.717) is 0 Å². The summed E-state index contributed by atoms with van der Waals surface area (Å²) in [7, 11) is 0. The Labute approximate surface area is 527 Å². The molecule has 0 unspecified atom stereocenters. The van der Waals surface area contributed by atoms with Crippen molar-refractivity contribution in [3.63, 3.8) is 0 Å². The van der Waals surface area contributed by atoms with Crippen molar-refractivity contribution in [2.24, 2.45) is 0 Å². The van der Waals surface area contributed by atoms with E-state index in [9.17, 15) is 0 Å². The Morgan fingerprint density at radius 3 is 1.65 bits per heavy atom. The number of furan rings is 1. The van der Waals surface area contributed by atoms with Crippen molar-refractivity contribution in [3.05, 3.63) is 242 Å². The molecule has 0 N–H and O–H groups in total. The van der Waals surface area contributed by atoms with Gasteiger partial charge in [0, 0.05) is 104 Å². The first-order valence-electron chi connectivity index (χ1n) is 30.3. The summed E-state index contributed by atoms with van der Waals surface area (Å²) in [4.78, 5) is 4.90. The third kappa shape index (κ3) is 8.15. The number of rotatable bonds is 6. The van der Waals surface area contributed by atoms with Gasteiger partial charge >= 0.3 is 0 Å². The molecule has 12 aromatic carbocycles. The van der Waals surface area contributed by atoms with E-state index in [1.165, 1.54) is 120 Å². The molecule has 8 heteroatoms. The smallest absolute Gasteiger partial charge is 0.253 e. The second-order valence-corrected chi connectivity index (χ2v) is 30.2. The molecule has 18 rings (SSSR count). The monoisotopic (exact) mass is 1200 g/mol. The first-order valence-corrected chi connectivity index (χ1v) is 33.6. The fraction of sp³-hybridized carbons (Fsp3) is 0.100. The van der Waals surface area contributed by atoms with E-state index >= 15 is 0 Å². The lowest BCUT2D eigenvalue weighted by atomic mass is 9.35. The van der Waals surface area contributed by atoms with E-state index in [-0.39, 0.29) is 17.5 Å². The van der Waals surface area contributed by atoms with Crippen molar-refractivity contribution in [3.8, 4) is 44.9 Å². The number of benzene rings is 12. The average Bonchev–Trinajstić information content (AvgIpc) is 1.25. The van der Waals surface area contributed by atoms with Crippen molar-refractivity contribution >= 4 is 168 Å². The minimum absolute atomic E-state index is 0.0338. The predicted molar refractivity (Wildman–Crippen MR) is 383 cm³/mol. The van der Waals surface area contributed by atoms with Crippen LogP contribution in [0.4, 0.5) is 17.1 Å². The highest BCUT2D eigenvalue weighted by Gasteiger charge is 2.40. The van der Waals surface area contributed by atoms with Crippen molar-refractivity contribution < 1.29 is 9.15 Å². The number of hydrogen-bond donors (Lipinski definition) is 0. The van der Waals surface area contributed by atoms with Gasteiger partial charge in [0.1, 0.15) is 22.7 Å². The maximum Gasteiger partial charge on any atom is 0.253 e. The first kappa shape index (κ1) is 52.3. The quantitative estimate of drug-likeness (QED) is 0.155. The van der Waals surface area contributed by atoms with E-state index < -0.39 is 0 Å². The van der Waals surface area contributed by atoms with Gasteiger partial charge in [0.15, 0.2) is 0 Å². The molecular formula is C80H56BNO2S4. The normalized spacial score (nSPS) is 13.1. The molecule has 4 aromatic heterocycles. The van der Waals surface area contributed by atoms with E-state index in [1.807, 2.05) is 45.8 Å². The van der Waals surface area contributed by atoms with Crippen LogP contribution in [0, 0.1) is 0 Å². The van der Waals surface area contributed by atoms with E-state index in [2.05, 4.69) is 277 Å². The largest absolute Gasteiger partial charge is 0.458 e. The minimum atomic E-state index is -0.0469. The standard InChI is InChI=1S/C80H56BNO2S4/c1-79(2,3)50-23-27-52(28-24-50)82(53-29-25-51(26-30-53)80(4,5)6)54-31-35-61-71(43-54)87-72-42-49(48-21-32-57-69(41-48)86-68-37-36-67-74(75(57)68)56-17-11-13-19-66(56)85-67)39-65-77(72)81(61)60-34-22-46(38-63(60)84-65)47-20-33-58-70(40-47)88-78-59(45-14-8-7-9-15-45)44-64-73(76(58)78)55-16-10-12-18-62(55)83-64/h7-44H,1-6H3. The van der Waals surface area contributed by atoms with Crippen molar-refractivity contribution in [1.29, 1.82) is 0 Å². The van der Waals surface area contributed by atoms with E-state index in [1.54, 1.807) is 0 Å². The zero-order valence-corrected chi connectivity index (χ0v) is 52.7. The molecule has 420 valence electrons. The van der Waals surface area contributed by atoms with Crippen LogP contribution in [0.1, 0.15) is 52.7 Å². The van der Waals surface area contributed by atoms with Crippen molar-refractivity contribution in [2.75, 3.05) is 4.90 Å². The van der Waals surface area contributed by atoms with E-state index in [0.717, 1.165) is 61.8 Å². The van der Waals surface area contributed by atoms with Crippen molar-refractivity contribution in [1.82, 2.24) is 0 Å². The van der Waals surface area contributed by atoms with Gasteiger partial charge < -0.3 is 14.1 Å². The number of anilines is 3. The van der Waals surface area contributed by atoms with Crippen LogP contribution in [0.2, 0.25) is 0 Å². The van der Waals surface area contributed by atoms with Gasteiger partial charge in [-0.25, -0.2) is 0 Å².